The number of aromatic nitrogens is 2. The second-order valence-corrected chi connectivity index (χ2v) is 7.66. The zero-order valence-corrected chi connectivity index (χ0v) is 16.5. The van der Waals surface area contributed by atoms with Crippen molar-refractivity contribution in [3.63, 3.8) is 0 Å². The summed E-state index contributed by atoms with van der Waals surface area (Å²) in [6.45, 7) is 6.88. The first-order valence-electron chi connectivity index (χ1n) is 9.86. The zero-order chi connectivity index (χ0) is 19.5. The number of hydrogen-bond acceptors (Lipinski definition) is 6. The molecular weight excluding hydrogens is 354 g/mol. The Morgan fingerprint density at radius 2 is 2.04 bits per heavy atom. The van der Waals surface area contributed by atoms with E-state index in [9.17, 15) is 4.79 Å². The third kappa shape index (κ3) is 4.09. The first kappa shape index (κ1) is 18.7. The van der Waals surface area contributed by atoms with E-state index in [4.69, 9.17) is 4.74 Å². The number of rotatable bonds is 4. The first-order chi connectivity index (χ1) is 13.6. The molecular formula is C21H27N5O2. The SMILES string of the molecule is Cc1nc(N2CCN(C)CC2)ncc1C(=O)NC[C@H]1COc2ccccc2C1. The van der Waals surface area contributed by atoms with Gasteiger partial charge < -0.3 is 19.9 Å². The molecule has 0 radical (unpaired) electrons. The monoisotopic (exact) mass is 381 g/mol. The first-order valence-corrected chi connectivity index (χ1v) is 9.86. The van der Waals surface area contributed by atoms with E-state index in [1.165, 1.54) is 5.56 Å². The van der Waals surface area contributed by atoms with Crippen molar-refractivity contribution in [3.8, 4) is 5.75 Å². The predicted octanol–water partition coefficient (Wildman–Crippen LogP) is 1.52. The number of carbonyl (C=O) groups is 1. The fourth-order valence-electron chi connectivity index (χ4n) is 3.69. The summed E-state index contributed by atoms with van der Waals surface area (Å²) < 4.78 is 5.80. The van der Waals surface area contributed by atoms with Crippen LogP contribution in [-0.4, -0.2) is 67.2 Å². The molecule has 2 aliphatic rings. The van der Waals surface area contributed by atoms with Crippen LogP contribution in [0.4, 0.5) is 5.95 Å². The van der Waals surface area contributed by atoms with E-state index in [0.717, 1.165) is 38.3 Å². The highest BCUT2D eigenvalue weighted by molar-refractivity contribution is 5.95. The summed E-state index contributed by atoms with van der Waals surface area (Å²) in [6, 6.07) is 8.08. The summed E-state index contributed by atoms with van der Waals surface area (Å²) in [6.07, 6.45) is 2.56. The molecule has 0 aliphatic carbocycles. The molecule has 148 valence electrons. The maximum atomic E-state index is 12.6. The Hall–Kier alpha value is -2.67. The van der Waals surface area contributed by atoms with Gasteiger partial charge in [-0.05, 0) is 32.0 Å². The van der Waals surface area contributed by atoms with E-state index in [2.05, 4.69) is 38.2 Å². The van der Waals surface area contributed by atoms with Gasteiger partial charge in [0.05, 0.1) is 17.9 Å². The Morgan fingerprint density at radius 3 is 2.82 bits per heavy atom. The summed E-state index contributed by atoms with van der Waals surface area (Å²) in [7, 11) is 2.12. The van der Waals surface area contributed by atoms with E-state index in [1.807, 2.05) is 25.1 Å². The fraction of sp³-hybridized carbons (Fsp3) is 0.476. The van der Waals surface area contributed by atoms with Crippen molar-refractivity contribution in [2.45, 2.75) is 13.3 Å². The van der Waals surface area contributed by atoms with Crippen LogP contribution in [0.3, 0.4) is 0 Å². The molecule has 1 N–H and O–H groups in total. The smallest absolute Gasteiger partial charge is 0.254 e. The molecule has 2 aromatic rings. The maximum Gasteiger partial charge on any atom is 0.254 e. The van der Waals surface area contributed by atoms with Crippen molar-refractivity contribution in [1.29, 1.82) is 0 Å². The topological polar surface area (TPSA) is 70.6 Å². The van der Waals surface area contributed by atoms with Crippen LogP contribution in [0.1, 0.15) is 21.6 Å². The normalized spacial score (nSPS) is 19.6. The second kappa shape index (κ2) is 8.14. The third-order valence-corrected chi connectivity index (χ3v) is 5.50. The summed E-state index contributed by atoms with van der Waals surface area (Å²) in [5, 5.41) is 3.03. The lowest BCUT2D eigenvalue weighted by Crippen LogP contribution is -2.45. The van der Waals surface area contributed by atoms with Crippen molar-refractivity contribution in [3.05, 3.63) is 47.3 Å². The van der Waals surface area contributed by atoms with Crippen LogP contribution in [0.5, 0.6) is 5.75 Å². The minimum atomic E-state index is -0.124. The standard InChI is InChI=1S/C21H27N5O2/c1-15-18(13-23-21(24-15)26-9-7-25(2)8-10-26)20(27)22-12-16-11-17-5-3-4-6-19(17)28-14-16/h3-6,13,16H,7-12,14H2,1-2H3,(H,22,27)/t16-/m0/s1. The summed E-state index contributed by atoms with van der Waals surface area (Å²) >= 11 is 0. The minimum Gasteiger partial charge on any atom is -0.493 e. The van der Waals surface area contributed by atoms with Crippen LogP contribution >= 0.6 is 0 Å². The number of nitrogens with zero attached hydrogens (tertiary/aromatic N) is 4. The van der Waals surface area contributed by atoms with Gasteiger partial charge in [-0.15, -0.1) is 0 Å². The van der Waals surface area contributed by atoms with Gasteiger partial charge in [-0.2, -0.15) is 0 Å². The van der Waals surface area contributed by atoms with E-state index in [0.29, 0.717) is 30.4 Å². The number of benzene rings is 1. The Labute approximate surface area is 165 Å². The Bertz CT molecular complexity index is 848. The number of para-hydroxylation sites is 1. The van der Waals surface area contributed by atoms with Crippen molar-refractivity contribution in [2.75, 3.05) is 51.3 Å². The molecule has 1 saturated heterocycles. The molecule has 1 atom stereocenters. The van der Waals surface area contributed by atoms with E-state index < -0.39 is 0 Å². The fourth-order valence-corrected chi connectivity index (χ4v) is 3.69. The van der Waals surface area contributed by atoms with Crippen LogP contribution in [0.15, 0.2) is 30.5 Å². The van der Waals surface area contributed by atoms with Crippen LogP contribution in [-0.2, 0) is 6.42 Å². The van der Waals surface area contributed by atoms with Gasteiger partial charge in [-0.1, -0.05) is 18.2 Å². The highest BCUT2D eigenvalue weighted by Crippen LogP contribution is 2.26. The third-order valence-electron chi connectivity index (χ3n) is 5.50. The number of nitrogens with one attached hydrogen (secondary N) is 1. The zero-order valence-electron chi connectivity index (χ0n) is 16.5. The number of carbonyl (C=O) groups excluding carboxylic acids is 1. The van der Waals surface area contributed by atoms with Crippen molar-refractivity contribution >= 4 is 11.9 Å². The van der Waals surface area contributed by atoms with Crippen molar-refractivity contribution in [1.82, 2.24) is 20.2 Å². The van der Waals surface area contributed by atoms with Crippen molar-refractivity contribution < 1.29 is 9.53 Å². The predicted molar refractivity (Wildman–Crippen MR) is 108 cm³/mol. The molecule has 2 aliphatic heterocycles. The molecule has 3 heterocycles. The van der Waals surface area contributed by atoms with Gasteiger partial charge in [0.15, 0.2) is 0 Å². The average Bonchev–Trinajstić information content (AvgIpc) is 2.72. The number of aryl methyl sites for hydroxylation is 1. The Morgan fingerprint density at radius 1 is 1.25 bits per heavy atom. The van der Waals surface area contributed by atoms with Gasteiger partial charge >= 0.3 is 0 Å². The van der Waals surface area contributed by atoms with Gasteiger partial charge in [0.2, 0.25) is 5.95 Å². The van der Waals surface area contributed by atoms with E-state index >= 15 is 0 Å². The Kier molecular flexibility index (Phi) is 5.43. The lowest BCUT2D eigenvalue weighted by Gasteiger charge is -2.32. The van der Waals surface area contributed by atoms with Crippen molar-refractivity contribution in [2.24, 2.45) is 5.92 Å². The van der Waals surface area contributed by atoms with Gasteiger partial charge in [0, 0.05) is 44.8 Å². The summed E-state index contributed by atoms with van der Waals surface area (Å²) in [4.78, 5) is 26.1. The Balaban J connectivity index is 1.35. The van der Waals surface area contributed by atoms with Gasteiger partial charge in [0.1, 0.15) is 5.75 Å². The number of hydrogen-bond donors (Lipinski definition) is 1. The largest absolute Gasteiger partial charge is 0.493 e. The van der Waals surface area contributed by atoms with Gasteiger partial charge in [-0.3, -0.25) is 4.79 Å². The van der Waals surface area contributed by atoms with Crippen LogP contribution in [0.2, 0.25) is 0 Å². The van der Waals surface area contributed by atoms with Gasteiger partial charge in [-0.25, -0.2) is 9.97 Å². The number of likely N-dealkylation sites (N-methyl/N-ethyl adjacent to an activating group) is 1. The van der Waals surface area contributed by atoms with Crippen LogP contribution in [0, 0.1) is 12.8 Å². The lowest BCUT2D eigenvalue weighted by molar-refractivity contribution is 0.0937. The highest BCUT2D eigenvalue weighted by atomic mass is 16.5. The molecule has 1 aromatic heterocycles. The maximum absolute atomic E-state index is 12.6. The number of fused-ring (bicyclic) bond motifs is 1. The minimum absolute atomic E-state index is 0.124. The molecule has 7 heteroatoms. The summed E-state index contributed by atoms with van der Waals surface area (Å²) in [5.41, 5.74) is 2.45. The summed E-state index contributed by atoms with van der Waals surface area (Å²) in [5.74, 6) is 1.80. The molecule has 1 amide bonds. The number of piperazine rings is 1. The molecule has 28 heavy (non-hydrogen) atoms. The van der Waals surface area contributed by atoms with Gasteiger partial charge in [0.25, 0.3) is 5.91 Å². The van der Waals surface area contributed by atoms with Crippen LogP contribution < -0.4 is 15.0 Å². The molecule has 0 spiro atoms. The van der Waals surface area contributed by atoms with E-state index in [-0.39, 0.29) is 11.8 Å². The highest BCUT2D eigenvalue weighted by Gasteiger charge is 2.22. The molecule has 1 aromatic carbocycles. The molecule has 4 rings (SSSR count). The quantitative estimate of drug-likeness (QED) is 0.866. The molecule has 0 bridgehead atoms. The second-order valence-electron chi connectivity index (χ2n) is 7.66. The van der Waals surface area contributed by atoms with E-state index in [1.54, 1.807) is 6.20 Å². The number of amides is 1. The molecule has 7 nitrogen and oxygen atoms in total. The molecule has 0 unspecified atom stereocenters. The number of ether oxygens (including phenoxy) is 1. The molecule has 0 saturated carbocycles. The van der Waals surface area contributed by atoms with Crippen LogP contribution in [0.25, 0.3) is 0 Å². The molecule has 1 fully saturated rings. The lowest BCUT2D eigenvalue weighted by atomic mass is 9.96. The number of anilines is 1. The average molecular weight is 381 g/mol.